The number of esters is 1. The molecule has 3 aromatic carbocycles. The number of fused-ring (bicyclic) bond motifs is 2. The molecule has 7 rings (SSSR count). The number of hydrogen-bond donors (Lipinski definition) is 1. The largest absolute Gasteiger partial charge is 0.455 e. The summed E-state index contributed by atoms with van der Waals surface area (Å²) in [7, 11) is 0. The number of alkyl halides is 2. The number of benzene rings is 3. The van der Waals surface area contributed by atoms with Gasteiger partial charge in [-0.15, -0.1) is 0 Å². The third-order valence-electron chi connectivity index (χ3n) is 9.81. The number of ether oxygens (including phenoxy) is 3. The van der Waals surface area contributed by atoms with Gasteiger partial charge in [0.2, 0.25) is 0 Å². The number of nitrogens with zero attached hydrogens (tertiary/aromatic N) is 2. The number of carbonyl (C=O) groups is 3. The Morgan fingerprint density at radius 1 is 0.646 bits per heavy atom. The lowest BCUT2D eigenvalue weighted by atomic mass is 9.99. The molecule has 1 N–H and O–H groups in total. The number of amides is 2. The van der Waals surface area contributed by atoms with Crippen molar-refractivity contribution >= 4 is 18.2 Å². The van der Waals surface area contributed by atoms with Crippen molar-refractivity contribution in [2.24, 2.45) is 23.7 Å². The number of carbonyl (C=O) groups excluding carboxylic acids is 3. The van der Waals surface area contributed by atoms with Gasteiger partial charge >= 0.3 is 18.2 Å². The highest BCUT2D eigenvalue weighted by molar-refractivity contribution is 5.89. The van der Waals surface area contributed by atoms with Crippen LogP contribution in [0.15, 0.2) is 91.0 Å². The normalized spacial score (nSPS) is 28.6. The molecule has 0 radical (unpaired) electrons. The molecule has 0 unspecified atom stereocenters. The molecule has 254 valence electrons. The van der Waals surface area contributed by atoms with E-state index in [9.17, 15) is 28.3 Å². The van der Waals surface area contributed by atoms with Gasteiger partial charge in [0.15, 0.2) is 0 Å². The fourth-order valence-corrected chi connectivity index (χ4v) is 7.29. The monoisotopic (exact) mass is 662 g/mol. The summed E-state index contributed by atoms with van der Waals surface area (Å²) in [4.78, 5) is 39.8. The van der Waals surface area contributed by atoms with Crippen molar-refractivity contribution in [2.75, 3.05) is 26.2 Å². The Hall–Kier alpha value is -4.51. The maximum Gasteiger partial charge on any atom is 0.410 e. The first-order valence-corrected chi connectivity index (χ1v) is 16.4. The van der Waals surface area contributed by atoms with Gasteiger partial charge in [-0.25, -0.2) is 23.2 Å². The van der Waals surface area contributed by atoms with Gasteiger partial charge in [0, 0.05) is 38.0 Å². The number of aliphatic hydroxyl groups excluding tert-OH is 1. The second kappa shape index (κ2) is 15.1. The molecule has 2 saturated heterocycles. The molecule has 11 heteroatoms. The zero-order valence-electron chi connectivity index (χ0n) is 26.5. The zero-order chi connectivity index (χ0) is 33.6. The molecule has 4 fully saturated rings. The fraction of sp³-hybridized carbons (Fsp3) is 0.432. The van der Waals surface area contributed by atoms with Gasteiger partial charge in [0.05, 0.1) is 11.7 Å². The van der Waals surface area contributed by atoms with Gasteiger partial charge in [-0.3, -0.25) is 0 Å². The van der Waals surface area contributed by atoms with E-state index in [1.807, 2.05) is 60.7 Å². The molecule has 9 nitrogen and oxygen atoms in total. The van der Waals surface area contributed by atoms with Crippen LogP contribution < -0.4 is 0 Å². The van der Waals surface area contributed by atoms with Gasteiger partial charge < -0.3 is 29.1 Å². The Morgan fingerprint density at radius 3 is 1.62 bits per heavy atom. The van der Waals surface area contributed by atoms with E-state index < -0.39 is 36.6 Å². The van der Waals surface area contributed by atoms with Crippen LogP contribution >= 0.6 is 0 Å². The predicted molar refractivity (Wildman–Crippen MR) is 171 cm³/mol. The molecule has 0 bridgehead atoms. The average Bonchev–Trinajstić information content (AvgIpc) is 3.86. The van der Waals surface area contributed by atoms with Crippen molar-refractivity contribution < 1.29 is 42.5 Å². The summed E-state index contributed by atoms with van der Waals surface area (Å²) in [6, 6.07) is 27.5. The highest BCUT2D eigenvalue weighted by Crippen LogP contribution is 2.42. The minimum Gasteiger partial charge on any atom is -0.455 e. The van der Waals surface area contributed by atoms with E-state index in [2.05, 4.69) is 0 Å². The van der Waals surface area contributed by atoms with E-state index in [1.54, 1.807) is 40.1 Å². The Balaban J connectivity index is 0.000000177. The van der Waals surface area contributed by atoms with Crippen LogP contribution in [0.25, 0.3) is 0 Å². The van der Waals surface area contributed by atoms with Crippen LogP contribution in [0.4, 0.5) is 18.4 Å². The molecule has 3 aromatic rings. The van der Waals surface area contributed by atoms with Crippen LogP contribution in [0.1, 0.15) is 34.3 Å². The summed E-state index contributed by atoms with van der Waals surface area (Å²) >= 11 is 0. The quantitative estimate of drug-likeness (QED) is 0.262. The standard InChI is InChI=1S/C22H22FNO4.C15H18FNO3/c23-19-11-17-12-24(22(26)27-14-15-7-3-1-4-8-15)13-18(17)20(19)28-21(25)16-9-5-2-6-10-16;16-13-6-11-7-17(8-12(11)14(13)18)15(19)20-9-10-4-2-1-3-5-10/h1-10,17-20H,11-14H2;1-5,11-14,18H,6-9H2/t17-,18+,19+,20-;11-,12+,13+,14-/m00/s1. The van der Waals surface area contributed by atoms with Crippen molar-refractivity contribution in [3.63, 3.8) is 0 Å². The maximum absolute atomic E-state index is 14.5. The molecule has 2 amide bonds. The molecule has 4 aliphatic rings. The van der Waals surface area contributed by atoms with E-state index in [1.165, 1.54) is 0 Å². The van der Waals surface area contributed by atoms with Crippen LogP contribution in [-0.4, -0.2) is 83.8 Å². The van der Waals surface area contributed by atoms with Crippen molar-refractivity contribution in [2.45, 2.75) is 50.6 Å². The second-order valence-corrected chi connectivity index (χ2v) is 13.0. The van der Waals surface area contributed by atoms with Gasteiger partial charge in [-0.1, -0.05) is 78.9 Å². The number of halogens is 2. The van der Waals surface area contributed by atoms with Crippen LogP contribution in [-0.2, 0) is 27.4 Å². The van der Waals surface area contributed by atoms with Crippen molar-refractivity contribution in [1.82, 2.24) is 9.80 Å². The summed E-state index contributed by atoms with van der Waals surface area (Å²) in [6.07, 6.45) is -4.28. The molecule has 2 aliphatic heterocycles. The van der Waals surface area contributed by atoms with E-state index in [4.69, 9.17) is 14.2 Å². The molecule has 2 aliphatic carbocycles. The number of aliphatic hydroxyl groups is 1. The number of likely N-dealkylation sites (tertiary alicyclic amines) is 2. The van der Waals surface area contributed by atoms with Crippen LogP contribution in [0.5, 0.6) is 0 Å². The Bertz CT molecular complexity index is 1530. The molecule has 2 saturated carbocycles. The molecule has 0 spiro atoms. The Labute approximate surface area is 278 Å². The number of hydrogen-bond acceptors (Lipinski definition) is 7. The van der Waals surface area contributed by atoms with Crippen molar-refractivity contribution in [3.8, 4) is 0 Å². The topological polar surface area (TPSA) is 106 Å². The molecular weight excluding hydrogens is 622 g/mol. The van der Waals surface area contributed by atoms with Gasteiger partial charge in [-0.05, 0) is 47.9 Å². The molecular formula is C37H40F2N2O7. The van der Waals surface area contributed by atoms with E-state index in [0.717, 1.165) is 11.1 Å². The van der Waals surface area contributed by atoms with Crippen LogP contribution in [0.2, 0.25) is 0 Å². The summed E-state index contributed by atoms with van der Waals surface area (Å²) < 4.78 is 43.9. The van der Waals surface area contributed by atoms with Crippen molar-refractivity contribution in [3.05, 3.63) is 108 Å². The maximum atomic E-state index is 14.5. The van der Waals surface area contributed by atoms with E-state index >= 15 is 0 Å². The summed E-state index contributed by atoms with van der Waals surface area (Å²) in [5.41, 5.74) is 2.24. The van der Waals surface area contributed by atoms with Gasteiger partial charge in [0.25, 0.3) is 0 Å². The second-order valence-electron chi connectivity index (χ2n) is 13.0. The molecule has 2 heterocycles. The highest BCUT2D eigenvalue weighted by Gasteiger charge is 2.52. The lowest BCUT2D eigenvalue weighted by Gasteiger charge is -2.22. The zero-order valence-corrected chi connectivity index (χ0v) is 26.5. The molecule has 0 aromatic heterocycles. The van der Waals surface area contributed by atoms with Gasteiger partial charge in [0.1, 0.15) is 31.7 Å². The third-order valence-corrected chi connectivity index (χ3v) is 9.81. The average molecular weight is 663 g/mol. The first-order chi connectivity index (χ1) is 23.3. The number of rotatable bonds is 6. The Kier molecular flexibility index (Phi) is 10.5. The first-order valence-electron chi connectivity index (χ1n) is 16.4. The third kappa shape index (κ3) is 7.78. The summed E-state index contributed by atoms with van der Waals surface area (Å²) in [5, 5.41) is 9.72. The lowest BCUT2D eigenvalue weighted by molar-refractivity contribution is -0.000534. The van der Waals surface area contributed by atoms with Gasteiger partial charge in [-0.2, -0.15) is 0 Å². The van der Waals surface area contributed by atoms with E-state index in [-0.39, 0.29) is 43.0 Å². The first kappa shape index (κ1) is 33.4. The molecule has 48 heavy (non-hydrogen) atoms. The van der Waals surface area contributed by atoms with Crippen LogP contribution in [0.3, 0.4) is 0 Å². The van der Waals surface area contributed by atoms with Crippen LogP contribution in [0, 0.1) is 23.7 Å². The Morgan fingerprint density at radius 2 is 1.10 bits per heavy atom. The molecule has 8 atom stereocenters. The SMILES string of the molecule is O=C(OCc1ccccc1)N1C[C@@H]2C[C@@H](F)[C@@H](O)[C@@H]2C1.O=C(O[C@H]1[C@@H]2CN(C(=O)OCc3ccccc3)C[C@@H]2C[C@H]1F)c1ccccc1. The lowest BCUT2D eigenvalue weighted by Crippen LogP contribution is -2.35. The summed E-state index contributed by atoms with van der Waals surface area (Å²) in [5.74, 6) is -0.836. The van der Waals surface area contributed by atoms with E-state index in [0.29, 0.717) is 44.6 Å². The smallest absolute Gasteiger partial charge is 0.410 e. The van der Waals surface area contributed by atoms with Crippen molar-refractivity contribution in [1.29, 1.82) is 0 Å². The minimum absolute atomic E-state index is 0.0205. The minimum atomic E-state index is -1.20. The fourth-order valence-electron chi connectivity index (χ4n) is 7.29. The predicted octanol–water partition coefficient (Wildman–Crippen LogP) is 5.81. The summed E-state index contributed by atoms with van der Waals surface area (Å²) in [6.45, 7) is 2.07. The highest BCUT2D eigenvalue weighted by atomic mass is 19.1.